The number of rotatable bonds is 1. The van der Waals surface area contributed by atoms with Crippen LogP contribution in [0, 0.1) is 10.8 Å². The fourth-order valence-corrected chi connectivity index (χ4v) is 3.37. The molecule has 1 nitrogen and oxygen atoms in total. The molecule has 1 aliphatic carbocycles. The molecule has 0 saturated heterocycles. The van der Waals surface area contributed by atoms with Gasteiger partial charge >= 0.3 is 0 Å². The third-order valence-electron chi connectivity index (χ3n) is 3.29. The molecule has 1 fully saturated rings. The molecular weight excluding hydrogens is 172 g/mol. The van der Waals surface area contributed by atoms with Gasteiger partial charge in [-0.3, -0.25) is 0 Å². The lowest BCUT2D eigenvalue weighted by molar-refractivity contribution is -0.0603. The second-order valence-corrected chi connectivity index (χ2v) is 6.67. The quantitative estimate of drug-likeness (QED) is 0.636. The summed E-state index contributed by atoms with van der Waals surface area (Å²) in [5.41, 5.74) is 0.703. The van der Waals surface area contributed by atoms with Crippen LogP contribution in [0.2, 0.25) is 0 Å². The molecular formula is C13H24O. The van der Waals surface area contributed by atoms with Gasteiger partial charge < -0.3 is 5.11 Å². The summed E-state index contributed by atoms with van der Waals surface area (Å²) in [4.78, 5) is 0. The van der Waals surface area contributed by atoms with Crippen molar-refractivity contribution in [3.8, 4) is 0 Å². The van der Waals surface area contributed by atoms with E-state index in [1.54, 1.807) is 0 Å². The van der Waals surface area contributed by atoms with E-state index in [0.29, 0.717) is 0 Å². The van der Waals surface area contributed by atoms with E-state index in [-0.39, 0.29) is 10.8 Å². The van der Waals surface area contributed by atoms with Crippen molar-refractivity contribution in [1.29, 1.82) is 0 Å². The first-order valence-electron chi connectivity index (χ1n) is 5.45. The molecule has 0 spiro atoms. The van der Waals surface area contributed by atoms with Crippen LogP contribution in [0.4, 0.5) is 0 Å². The van der Waals surface area contributed by atoms with E-state index in [0.717, 1.165) is 18.4 Å². The molecule has 1 saturated carbocycles. The summed E-state index contributed by atoms with van der Waals surface area (Å²) in [5, 5.41) is 10.5. The zero-order valence-corrected chi connectivity index (χ0v) is 10.3. The van der Waals surface area contributed by atoms with Crippen molar-refractivity contribution in [2.45, 2.75) is 59.5 Å². The molecule has 0 bridgehead atoms. The first kappa shape index (κ1) is 11.8. The van der Waals surface area contributed by atoms with Gasteiger partial charge in [0.05, 0.1) is 5.60 Å². The highest BCUT2D eigenvalue weighted by molar-refractivity contribution is 5.15. The molecule has 0 aromatic carbocycles. The summed E-state index contributed by atoms with van der Waals surface area (Å²) in [6.07, 6.45) is 2.87. The van der Waals surface area contributed by atoms with E-state index in [4.69, 9.17) is 0 Å². The summed E-state index contributed by atoms with van der Waals surface area (Å²) >= 11 is 0. The maximum absolute atomic E-state index is 10.5. The van der Waals surface area contributed by atoms with Crippen LogP contribution in [0.1, 0.15) is 53.9 Å². The maximum atomic E-state index is 10.5. The Balaban J connectivity index is 2.97. The molecule has 1 N–H and O–H groups in total. The Labute approximate surface area is 88.2 Å². The molecule has 0 aromatic heterocycles. The summed E-state index contributed by atoms with van der Waals surface area (Å²) in [6.45, 7) is 14.8. The fraction of sp³-hybridized carbons (Fsp3) is 0.846. The van der Waals surface area contributed by atoms with Crippen LogP contribution < -0.4 is 0 Å². The molecule has 0 aromatic rings. The molecule has 1 aliphatic rings. The molecule has 0 heterocycles. The average Bonchev–Trinajstić information content (AvgIpc) is 1.76. The van der Waals surface area contributed by atoms with E-state index < -0.39 is 5.60 Å². The number of hydrogen-bond acceptors (Lipinski definition) is 1. The summed E-state index contributed by atoms with van der Waals surface area (Å²) in [6, 6.07) is 0. The van der Waals surface area contributed by atoms with Crippen molar-refractivity contribution in [3.05, 3.63) is 12.2 Å². The second-order valence-electron chi connectivity index (χ2n) is 6.67. The lowest BCUT2D eigenvalue weighted by Crippen LogP contribution is -2.46. The van der Waals surface area contributed by atoms with Crippen LogP contribution in [0.25, 0.3) is 0 Å². The average molecular weight is 196 g/mol. The summed E-state index contributed by atoms with van der Waals surface area (Å²) in [7, 11) is 0. The van der Waals surface area contributed by atoms with Crippen LogP contribution in [0.5, 0.6) is 0 Å². The third-order valence-corrected chi connectivity index (χ3v) is 3.29. The second kappa shape index (κ2) is 3.10. The van der Waals surface area contributed by atoms with E-state index >= 15 is 0 Å². The third kappa shape index (κ3) is 2.38. The van der Waals surface area contributed by atoms with Gasteiger partial charge in [-0.2, -0.15) is 0 Å². The SMILES string of the molecule is C=C(C)C1(O)CC(C)(C)CC(C)(C)C1. The van der Waals surface area contributed by atoms with Gasteiger partial charge in [0.1, 0.15) is 0 Å². The predicted octanol–water partition coefficient (Wildman–Crippen LogP) is 3.53. The lowest BCUT2D eigenvalue weighted by atomic mass is 9.58. The van der Waals surface area contributed by atoms with Crippen molar-refractivity contribution in [1.82, 2.24) is 0 Å². The minimum absolute atomic E-state index is 0.218. The van der Waals surface area contributed by atoms with Crippen LogP contribution in [0.3, 0.4) is 0 Å². The summed E-state index contributed by atoms with van der Waals surface area (Å²) < 4.78 is 0. The van der Waals surface area contributed by atoms with Gasteiger partial charge in [0.15, 0.2) is 0 Å². The van der Waals surface area contributed by atoms with E-state index in [1.165, 1.54) is 6.42 Å². The molecule has 0 unspecified atom stereocenters. The van der Waals surface area contributed by atoms with Crippen LogP contribution in [-0.2, 0) is 0 Å². The van der Waals surface area contributed by atoms with Crippen molar-refractivity contribution in [2.24, 2.45) is 10.8 Å². The van der Waals surface area contributed by atoms with Crippen LogP contribution in [-0.4, -0.2) is 10.7 Å². The molecule has 82 valence electrons. The van der Waals surface area contributed by atoms with E-state index in [9.17, 15) is 5.11 Å². The maximum Gasteiger partial charge on any atom is 0.0861 e. The molecule has 0 atom stereocenters. The van der Waals surface area contributed by atoms with Gasteiger partial charge in [-0.15, -0.1) is 0 Å². The lowest BCUT2D eigenvalue weighted by Gasteiger charge is -2.50. The minimum Gasteiger partial charge on any atom is -0.385 e. The highest BCUT2D eigenvalue weighted by Gasteiger charge is 2.46. The largest absolute Gasteiger partial charge is 0.385 e. The Morgan fingerprint density at radius 3 is 1.64 bits per heavy atom. The van der Waals surface area contributed by atoms with E-state index in [1.807, 2.05) is 6.92 Å². The van der Waals surface area contributed by atoms with Crippen molar-refractivity contribution < 1.29 is 5.11 Å². The first-order chi connectivity index (χ1) is 6.06. The Morgan fingerprint density at radius 1 is 1.00 bits per heavy atom. The summed E-state index contributed by atoms with van der Waals surface area (Å²) in [5.74, 6) is 0. The molecule has 0 radical (unpaired) electrons. The van der Waals surface area contributed by atoms with Gasteiger partial charge in [-0.25, -0.2) is 0 Å². The molecule has 1 rings (SSSR count). The van der Waals surface area contributed by atoms with Gasteiger partial charge in [-0.1, -0.05) is 34.3 Å². The zero-order chi connectivity index (χ0) is 11.2. The van der Waals surface area contributed by atoms with Gasteiger partial charge in [-0.05, 0) is 42.6 Å². The molecule has 14 heavy (non-hydrogen) atoms. The smallest absolute Gasteiger partial charge is 0.0861 e. The normalized spacial score (nSPS) is 28.4. The highest BCUT2D eigenvalue weighted by Crippen LogP contribution is 2.51. The topological polar surface area (TPSA) is 20.2 Å². The molecule has 1 heteroatoms. The van der Waals surface area contributed by atoms with Gasteiger partial charge in [0.2, 0.25) is 0 Å². The molecule has 0 aliphatic heterocycles. The van der Waals surface area contributed by atoms with Crippen molar-refractivity contribution in [3.63, 3.8) is 0 Å². The van der Waals surface area contributed by atoms with Gasteiger partial charge in [0, 0.05) is 0 Å². The van der Waals surface area contributed by atoms with Gasteiger partial charge in [0.25, 0.3) is 0 Å². The zero-order valence-electron chi connectivity index (χ0n) is 10.3. The molecule has 0 amide bonds. The Bertz CT molecular complexity index is 232. The van der Waals surface area contributed by atoms with Crippen molar-refractivity contribution in [2.75, 3.05) is 0 Å². The fourth-order valence-electron chi connectivity index (χ4n) is 3.37. The Kier molecular flexibility index (Phi) is 2.60. The first-order valence-corrected chi connectivity index (χ1v) is 5.45. The van der Waals surface area contributed by atoms with Crippen LogP contribution >= 0.6 is 0 Å². The Morgan fingerprint density at radius 2 is 1.36 bits per heavy atom. The predicted molar refractivity (Wildman–Crippen MR) is 61.2 cm³/mol. The van der Waals surface area contributed by atoms with E-state index in [2.05, 4.69) is 34.3 Å². The Hall–Kier alpha value is -0.300. The monoisotopic (exact) mass is 196 g/mol. The highest BCUT2D eigenvalue weighted by atomic mass is 16.3. The number of hydrogen-bond donors (Lipinski definition) is 1. The van der Waals surface area contributed by atoms with Crippen LogP contribution in [0.15, 0.2) is 12.2 Å². The minimum atomic E-state index is -0.648. The number of aliphatic hydroxyl groups is 1. The standard InChI is InChI=1S/C13H24O/c1-10(2)13(14)8-11(3,4)7-12(5,6)9-13/h14H,1,7-9H2,2-6H3. The van der Waals surface area contributed by atoms with Crippen molar-refractivity contribution >= 4 is 0 Å².